The Balaban J connectivity index is 1.03. The molecule has 4 atom stereocenters. The lowest BCUT2D eigenvalue weighted by Gasteiger charge is -2.27. The van der Waals surface area contributed by atoms with Crippen LogP contribution in [0.25, 0.3) is 44.8 Å². The summed E-state index contributed by atoms with van der Waals surface area (Å²) in [7, 11) is 2.56. The minimum Gasteiger partial charge on any atom is -0.456 e. The molecule has 7 rings (SSSR count). The molecule has 2 saturated heterocycles. The lowest BCUT2D eigenvalue weighted by molar-refractivity contribution is -0.135. The molecule has 2 aromatic carbocycles. The highest BCUT2D eigenvalue weighted by atomic mass is 16.5. The van der Waals surface area contributed by atoms with Gasteiger partial charge in [0.2, 0.25) is 11.8 Å². The maximum atomic E-state index is 13.4. The highest BCUT2D eigenvalue weighted by Gasteiger charge is 2.37. The molecule has 2 aliphatic heterocycles. The van der Waals surface area contributed by atoms with Crippen LogP contribution in [0, 0.1) is 0 Å². The number of aromatic amines is 2. The van der Waals surface area contributed by atoms with Crippen LogP contribution in [0.15, 0.2) is 65.3 Å². The maximum absolute atomic E-state index is 13.4. The maximum Gasteiger partial charge on any atom is 0.407 e. The van der Waals surface area contributed by atoms with Gasteiger partial charge in [0.1, 0.15) is 35.1 Å². The van der Waals surface area contributed by atoms with E-state index < -0.39 is 24.3 Å². The molecule has 288 valence electrons. The molecule has 0 saturated carbocycles. The SMILES string of the molecule is CC[C@H](NC(=O)OC)C(=O)N1CCC[C@H]1c1ncc(-c2ccc(-c3cc4cc(-c5cnc([C@@H]6CCCN6C(=O)[C@H](CC)NC(=O)OC)[nH]5)ccc4o3)cc2)[nH]1. The smallest absolute Gasteiger partial charge is 0.407 e. The Morgan fingerprint density at radius 3 is 1.75 bits per heavy atom. The summed E-state index contributed by atoms with van der Waals surface area (Å²) in [4.78, 5) is 70.1. The average Bonchev–Trinajstić information content (AvgIpc) is 4.07. The van der Waals surface area contributed by atoms with Crippen LogP contribution in [0.4, 0.5) is 9.59 Å². The highest BCUT2D eigenvalue weighted by molar-refractivity contribution is 5.88. The summed E-state index contributed by atoms with van der Waals surface area (Å²) in [6.45, 7) is 4.89. The quantitative estimate of drug-likeness (QED) is 0.117. The number of imidazole rings is 2. The molecule has 15 heteroatoms. The number of hydrogen-bond donors (Lipinski definition) is 4. The van der Waals surface area contributed by atoms with Gasteiger partial charge in [-0.1, -0.05) is 38.1 Å². The number of amides is 4. The highest BCUT2D eigenvalue weighted by Crippen LogP contribution is 2.36. The second-order valence-electron chi connectivity index (χ2n) is 13.9. The fourth-order valence-electron chi connectivity index (χ4n) is 7.58. The normalized spacial score (nSPS) is 18.0. The first-order chi connectivity index (χ1) is 26.7. The number of H-pyrrole nitrogens is 2. The molecular formula is C40H46N8O7. The number of fused-ring (bicyclic) bond motifs is 1. The van der Waals surface area contributed by atoms with Gasteiger partial charge in [0, 0.05) is 29.6 Å². The van der Waals surface area contributed by atoms with Crippen molar-refractivity contribution in [3.8, 4) is 33.8 Å². The monoisotopic (exact) mass is 750 g/mol. The number of carbonyl (C=O) groups excluding carboxylic acids is 4. The molecule has 2 fully saturated rings. The number of aromatic nitrogens is 4. The molecular weight excluding hydrogens is 704 g/mol. The van der Waals surface area contributed by atoms with E-state index in [9.17, 15) is 19.2 Å². The Kier molecular flexibility index (Phi) is 10.9. The molecule has 5 heterocycles. The van der Waals surface area contributed by atoms with Gasteiger partial charge in [0.15, 0.2) is 0 Å². The standard InChI is InChI=1S/C40H46N8O7/c1-5-27(45-39(51)53-3)37(49)47-17-7-9-31(47)35-41-21-29(43-35)23-11-13-24(14-12-23)34-20-26-19-25(15-16-33(26)55-34)30-22-42-36(44-30)32-10-8-18-48(32)38(50)28(6-2)46-40(52)54-4/h11-16,19-22,27-28,31-32H,5-10,17-18H2,1-4H3,(H,41,43)(H,42,44)(H,45,51)(H,46,52)/t27-,28-,31-,32-/m0/s1. The molecule has 0 bridgehead atoms. The van der Waals surface area contributed by atoms with Crippen molar-refractivity contribution in [3.05, 3.63) is 72.6 Å². The Labute approximate surface area is 318 Å². The number of benzene rings is 2. The molecule has 4 amide bonds. The van der Waals surface area contributed by atoms with Crippen LogP contribution in [0.5, 0.6) is 0 Å². The number of furan rings is 1. The van der Waals surface area contributed by atoms with Crippen molar-refractivity contribution in [2.75, 3.05) is 27.3 Å². The Hall–Kier alpha value is -6.12. The van der Waals surface area contributed by atoms with Gasteiger partial charge in [-0.2, -0.15) is 0 Å². The van der Waals surface area contributed by atoms with Gasteiger partial charge in [0.05, 0.1) is 50.1 Å². The van der Waals surface area contributed by atoms with Crippen LogP contribution >= 0.6 is 0 Å². The summed E-state index contributed by atoms with van der Waals surface area (Å²) in [6, 6.07) is 14.3. The summed E-state index contributed by atoms with van der Waals surface area (Å²) >= 11 is 0. The van der Waals surface area contributed by atoms with E-state index in [1.807, 2.05) is 56.3 Å². The number of nitrogens with zero attached hydrogens (tertiary/aromatic N) is 4. The first-order valence-electron chi connectivity index (χ1n) is 18.8. The number of methoxy groups -OCH3 is 2. The third-order valence-corrected chi connectivity index (χ3v) is 10.6. The van der Waals surface area contributed by atoms with E-state index in [1.165, 1.54) is 14.2 Å². The predicted octanol–water partition coefficient (Wildman–Crippen LogP) is 6.48. The van der Waals surface area contributed by atoms with Gasteiger partial charge in [-0.15, -0.1) is 0 Å². The number of hydrogen-bond acceptors (Lipinski definition) is 9. The van der Waals surface area contributed by atoms with Crippen LogP contribution in [0.3, 0.4) is 0 Å². The van der Waals surface area contributed by atoms with E-state index in [1.54, 1.807) is 22.2 Å². The number of nitrogens with one attached hydrogen (secondary N) is 4. The van der Waals surface area contributed by atoms with Crippen LogP contribution < -0.4 is 10.6 Å². The second kappa shape index (κ2) is 16.1. The summed E-state index contributed by atoms with van der Waals surface area (Å²) in [6.07, 6.45) is 6.45. The molecule has 0 radical (unpaired) electrons. The van der Waals surface area contributed by atoms with Gasteiger partial charge in [0.25, 0.3) is 0 Å². The minimum atomic E-state index is -0.667. The largest absolute Gasteiger partial charge is 0.456 e. The number of carbonyl (C=O) groups is 4. The average molecular weight is 751 g/mol. The molecule has 2 aliphatic rings. The lowest BCUT2D eigenvalue weighted by atomic mass is 10.1. The van der Waals surface area contributed by atoms with Gasteiger partial charge in [-0.25, -0.2) is 19.6 Å². The number of likely N-dealkylation sites (tertiary alicyclic amines) is 2. The van der Waals surface area contributed by atoms with E-state index >= 15 is 0 Å². The van der Waals surface area contributed by atoms with E-state index in [4.69, 9.17) is 13.9 Å². The molecule has 3 aromatic heterocycles. The van der Waals surface area contributed by atoms with Crippen molar-refractivity contribution in [3.63, 3.8) is 0 Å². The lowest BCUT2D eigenvalue weighted by Crippen LogP contribution is -2.48. The Morgan fingerprint density at radius 1 is 0.745 bits per heavy atom. The first kappa shape index (κ1) is 37.2. The van der Waals surface area contributed by atoms with E-state index in [0.717, 1.165) is 70.5 Å². The predicted molar refractivity (Wildman–Crippen MR) is 203 cm³/mol. The zero-order chi connectivity index (χ0) is 38.6. The minimum absolute atomic E-state index is 0.147. The molecule has 55 heavy (non-hydrogen) atoms. The molecule has 0 spiro atoms. The van der Waals surface area contributed by atoms with Gasteiger partial charge < -0.3 is 44.3 Å². The van der Waals surface area contributed by atoms with Crippen LogP contribution in [-0.2, 0) is 19.1 Å². The zero-order valence-electron chi connectivity index (χ0n) is 31.4. The first-order valence-corrected chi connectivity index (χ1v) is 18.8. The van der Waals surface area contributed by atoms with Crippen LogP contribution in [-0.4, -0.2) is 93.1 Å². The molecule has 5 aromatic rings. The van der Waals surface area contributed by atoms with Crippen LogP contribution in [0.1, 0.15) is 76.1 Å². The van der Waals surface area contributed by atoms with E-state index in [2.05, 4.69) is 36.6 Å². The summed E-state index contributed by atoms with van der Waals surface area (Å²) in [5, 5.41) is 6.22. The summed E-state index contributed by atoms with van der Waals surface area (Å²) < 4.78 is 15.7. The Morgan fingerprint density at radius 2 is 1.24 bits per heavy atom. The van der Waals surface area contributed by atoms with Crippen molar-refractivity contribution in [1.82, 2.24) is 40.4 Å². The fraction of sp³-hybridized carbons (Fsp3) is 0.400. The molecule has 0 aliphatic carbocycles. The third-order valence-electron chi connectivity index (χ3n) is 10.6. The fourth-order valence-corrected chi connectivity index (χ4v) is 7.58. The third kappa shape index (κ3) is 7.64. The van der Waals surface area contributed by atoms with E-state index in [0.29, 0.717) is 37.6 Å². The van der Waals surface area contributed by atoms with Crippen molar-refractivity contribution in [2.24, 2.45) is 0 Å². The Bertz CT molecular complexity index is 2170. The number of ether oxygens (including phenoxy) is 2. The number of rotatable bonds is 11. The summed E-state index contributed by atoms with van der Waals surface area (Å²) in [5.74, 6) is 1.85. The van der Waals surface area contributed by atoms with Crippen LogP contribution in [0.2, 0.25) is 0 Å². The van der Waals surface area contributed by atoms with E-state index in [-0.39, 0.29) is 23.9 Å². The zero-order valence-corrected chi connectivity index (χ0v) is 31.4. The van der Waals surface area contributed by atoms with Crippen molar-refractivity contribution in [1.29, 1.82) is 0 Å². The van der Waals surface area contributed by atoms with Crippen molar-refractivity contribution in [2.45, 2.75) is 76.5 Å². The summed E-state index contributed by atoms with van der Waals surface area (Å²) in [5.41, 5.74) is 5.21. The van der Waals surface area contributed by atoms with Crippen molar-refractivity contribution < 1.29 is 33.1 Å². The van der Waals surface area contributed by atoms with Gasteiger partial charge in [-0.05, 0) is 68.4 Å². The molecule has 15 nitrogen and oxygen atoms in total. The second-order valence-corrected chi connectivity index (χ2v) is 13.9. The molecule has 4 N–H and O–H groups in total. The molecule has 0 unspecified atom stereocenters. The van der Waals surface area contributed by atoms with Gasteiger partial charge in [-0.3, -0.25) is 9.59 Å². The van der Waals surface area contributed by atoms with Gasteiger partial charge >= 0.3 is 12.2 Å². The topological polar surface area (TPSA) is 188 Å². The number of alkyl carbamates (subject to hydrolysis) is 2. The van der Waals surface area contributed by atoms with Crippen molar-refractivity contribution >= 4 is 35.0 Å².